The van der Waals surface area contributed by atoms with Crippen LogP contribution < -0.4 is 0 Å². The lowest BCUT2D eigenvalue weighted by molar-refractivity contribution is -0.0154. The van der Waals surface area contributed by atoms with E-state index in [1.54, 1.807) is 0 Å². The molecule has 1 aliphatic rings. The van der Waals surface area contributed by atoms with Gasteiger partial charge in [-0.2, -0.15) is 0 Å². The molecule has 1 N–H and O–H groups in total. The van der Waals surface area contributed by atoms with Gasteiger partial charge in [0.25, 0.3) is 0 Å². The minimum atomic E-state index is -0.127. The van der Waals surface area contributed by atoms with Gasteiger partial charge in [0.15, 0.2) is 0 Å². The second-order valence-electron chi connectivity index (χ2n) is 6.16. The van der Waals surface area contributed by atoms with Crippen LogP contribution in [0.1, 0.15) is 46.5 Å². The van der Waals surface area contributed by atoms with E-state index in [4.69, 9.17) is 0 Å². The van der Waals surface area contributed by atoms with Crippen molar-refractivity contribution in [2.75, 3.05) is 27.2 Å². The number of rotatable bonds is 6. The molecular formula is C15H32N2O. The van der Waals surface area contributed by atoms with Gasteiger partial charge in [-0.1, -0.05) is 20.3 Å². The first-order chi connectivity index (χ1) is 8.49. The number of nitrogens with zero attached hydrogens (tertiary/aromatic N) is 2. The Morgan fingerprint density at radius 1 is 1.22 bits per heavy atom. The van der Waals surface area contributed by atoms with Gasteiger partial charge >= 0.3 is 0 Å². The van der Waals surface area contributed by atoms with Crippen molar-refractivity contribution in [2.45, 2.75) is 64.6 Å². The Hall–Kier alpha value is -0.120. The van der Waals surface area contributed by atoms with Crippen LogP contribution in [0, 0.1) is 5.92 Å². The van der Waals surface area contributed by atoms with Crippen molar-refractivity contribution in [1.82, 2.24) is 9.80 Å². The number of aliphatic hydroxyl groups excluding tert-OH is 1. The summed E-state index contributed by atoms with van der Waals surface area (Å²) in [6, 6.07) is 0.879. The molecule has 3 heteroatoms. The predicted octanol–water partition coefficient (Wildman–Crippen LogP) is 2.20. The summed E-state index contributed by atoms with van der Waals surface area (Å²) in [5.74, 6) is 0.805. The molecule has 0 aliphatic heterocycles. The van der Waals surface area contributed by atoms with Crippen LogP contribution in [0.15, 0.2) is 0 Å². The van der Waals surface area contributed by atoms with Crippen molar-refractivity contribution >= 4 is 0 Å². The number of likely N-dealkylation sites (N-methyl/N-ethyl adjacent to an activating group) is 2. The summed E-state index contributed by atoms with van der Waals surface area (Å²) in [4.78, 5) is 4.74. The highest BCUT2D eigenvalue weighted by Gasteiger charge is 2.34. The molecule has 1 saturated carbocycles. The van der Waals surface area contributed by atoms with E-state index in [-0.39, 0.29) is 6.10 Å². The molecule has 0 saturated heterocycles. The Bertz CT molecular complexity index is 233. The maximum atomic E-state index is 10.3. The summed E-state index contributed by atoms with van der Waals surface area (Å²) < 4.78 is 0. The molecule has 1 fully saturated rings. The van der Waals surface area contributed by atoms with E-state index in [1.807, 2.05) is 0 Å². The SMILES string of the molecule is CCC1CCC(O)C(N(CC)C(C)CN(C)C)C1. The maximum absolute atomic E-state index is 10.3. The molecule has 18 heavy (non-hydrogen) atoms. The first kappa shape index (κ1) is 15.9. The van der Waals surface area contributed by atoms with Crippen LogP contribution >= 0.6 is 0 Å². The molecule has 1 rings (SSSR count). The average Bonchev–Trinajstić information content (AvgIpc) is 2.31. The Kier molecular flexibility index (Phi) is 6.61. The fraction of sp³-hybridized carbons (Fsp3) is 1.00. The lowest BCUT2D eigenvalue weighted by Gasteiger charge is -2.43. The first-order valence-electron chi connectivity index (χ1n) is 7.58. The molecule has 108 valence electrons. The highest BCUT2D eigenvalue weighted by Crippen LogP contribution is 2.31. The van der Waals surface area contributed by atoms with Crippen molar-refractivity contribution in [3.05, 3.63) is 0 Å². The third-order valence-corrected chi connectivity index (χ3v) is 4.45. The van der Waals surface area contributed by atoms with E-state index in [9.17, 15) is 5.11 Å². The van der Waals surface area contributed by atoms with E-state index in [0.29, 0.717) is 12.1 Å². The molecule has 0 radical (unpaired) electrons. The van der Waals surface area contributed by atoms with Crippen LogP contribution in [0.3, 0.4) is 0 Å². The lowest BCUT2D eigenvalue weighted by Crippen LogP contribution is -2.53. The second-order valence-corrected chi connectivity index (χ2v) is 6.16. The molecule has 1 aliphatic carbocycles. The minimum absolute atomic E-state index is 0.127. The van der Waals surface area contributed by atoms with Crippen molar-refractivity contribution in [3.8, 4) is 0 Å². The van der Waals surface area contributed by atoms with Gasteiger partial charge in [-0.05, 0) is 52.7 Å². The quantitative estimate of drug-likeness (QED) is 0.789. The summed E-state index contributed by atoms with van der Waals surface area (Å²) in [5.41, 5.74) is 0. The van der Waals surface area contributed by atoms with Crippen LogP contribution in [-0.4, -0.2) is 60.3 Å². The van der Waals surface area contributed by atoms with Crippen molar-refractivity contribution in [2.24, 2.45) is 5.92 Å². The summed E-state index contributed by atoms with van der Waals surface area (Å²) in [6.45, 7) is 8.88. The molecular weight excluding hydrogens is 224 g/mol. The fourth-order valence-corrected chi connectivity index (χ4v) is 3.45. The number of aliphatic hydroxyl groups is 1. The Morgan fingerprint density at radius 2 is 1.89 bits per heavy atom. The van der Waals surface area contributed by atoms with E-state index in [0.717, 1.165) is 25.4 Å². The van der Waals surface area contributed by atoms with Gasteiger partial charge in [0, 0.05) is 18.6 Å². The normalized spacial score (nSPS) is 31.0. The molecule has 3 nitrogen and oxygen atoms in total. The van der Waals surface area contributed by atoms with Gasteiger partial charge in [-0.25, -0.2) is 0 Å². The van der Waals surface area contributed by atoms with Crippen LogP contribution in [0.2, 0.25) is 0 Å². The minimum Gasteiger partial charge on any atom is -0.391 e. The highest BCUT2D eigenvalue weighted by atomic mass is 16.3. The first-order valence-corrected chi connectivity index (χ1v) is 7.58. The van der Waals surface area contributed by atoms with Crippen LogP contribution in [0.25, 0.3) is 0 Å². The van der Waals surface area contributed by atoms with Gasteiger partial charge in [0.2, 0.25) is 0 Å². The van der Waals surface area contributed by atoms with Crippen molar-refractivity contribution < 1.29 is 5.11 Å². The number of hydrogen-bond acceptors (Lipinski definition) is 3. The molecule has 0 aromatic carbocycles. The molecule has 0 heterocycles. The Labute approximate surface area is 113 Å². The third kappa shape index (κ3) is 4.22. The summed E-state index contributed by atoms with van der Waals surface area (Å²) >= 11 is 0. The molecule has 0 bridgehead atoms. The molecule has 4 unspecified atom stereocenters. The lowest BCUT2D eigenvalue weighted by atomic mass is 9.81. The third-order valence-electron chi connectivity index (χ3n) is 4.45. The second kappa shape index (κ2) is 7.46. The van der Waals surface area contributed by atoms with E-state index < -0.39 is 0 Å². The van der Waals surface area contributed by atoms with Gasteiger partial charge in [-0.15, -0.1) is 0 Å². The maximum Gasteiger partial charge on any atom is 0.0695 e. The predicted molar refractivity (Wildman–Crippen MR) is 77.8 cm³/mol. The van der Waals surface area contributed by atoms with E-state index in [1.165, 1.54) is 19.3 Å². The Morgan fingerprint density at radius 3 is 2.39 bits per heavy atom. The molecule has 4 atom stereocenters. The zero-order chi connectivity index (χ0) is 13.7. The van der Waals surface area contributed by atoms with E-state index >= 15 is 0 Å². The van der Waals surface area contributed by atoms with Crippen molar-refractivity contribution in [3.63, 3.8) is 0 Å². The summed E-state index contributed by atoms with van der Waals surface area (Å²) in [5, 5.41) is 10.3. The van der Waals surface area contributed by atoms with Crippen molar-refractivity contribution in [1.29, 1.82) is 0 Å². The average molecular weight is 256 g/mol. The standard InChI is InChI=1S/C15H32N2O/c1-6-13-8-9-15(18)14(10-13)17(7-2)12(3)11-16(4)5/h12-15,18H,6-11H2,1-5H3. The molecule has 0 aromatic rings. The monoisotopic (exact) mass is 256 g/mol. The molecule has 0 aromatic heterocycles. The van der Waals surface area contributed by atoms with Crippen LogP contribution in [0.4, 0.5) is 0 Å². The zero-order valence-electron chi connectivity index (χ0n) is 12.9. The van der Waals surface area contributed by atoms with Crippen LogP contribution in [-0.2, 0) is 0 Å². The topological polar surface area (TPSA) is 26.7 Å². The smallest absolute Gasteiger partial charge is 0.0695 e. The number of hydrogen-bond donors (Lipinski definition) is 1. The summed E-state index contributed by atoms with van der Waals surface area (Å²) in [6.07, 6.45) is 4.48. The van der Waals surface area contributed by atoms with Gasteiger partial charge in [0.05, 0.1) is 6.10 Å². The van der Waals surface area contributed by atoms with Crippen LogP contribution in [0.5, 0.6) is 0 Å². The van der Waals surface area contributed by atoms with Gasteiger partial charge in [0.1, 0.15) is 0 Å². The summed E-state index contributed by atoms with van der Waals surface area (Å²) in [7, 11) is 4.24. The zero-order valence-corrected chi connectivity index (χ0v) is 12.9. The van der Waals surface area contributed by atoms with Gasteiger partial charge < -0.3 is 10.0 Å². The van der Waals surface area contributed by atoms with Gasteiger partial charge in [-0.3, -0.25) is 4.90 Å². The molecule has 0 spiro atoms. The Balaban J connectivity index is 2.66. The molecule has 0 amide bonds. The van der Waals surface area contributed by atoms with E-state index in [2.05, 4.69) is 44.7 Å². The largest absolute Gasteiger partial charge is 0.391 e. The highest BCUT2D eigenvalue weighted by molar-refractivity contribution is 4.88. The fourth-order valence-electron chi connectivity index (χ4n) is 3.45.